The summed E-state index contributed by atoms with van der Waals surface area (Å²) in [5.41, 5.74) is 13.0. The molecule has 0 aliphatic heterocycles. The average Bonchev–Trinajstić information content (AvgIpc) is 3.84. The molecule has 0 fully saturated rings. The summed E-state index contributed by atoms with van der Waals surface area (Å²) in [6.07, 6.45) is 1.90. The Bertz CT molecular complexity index is 2910. The molecule has 10 aromatic rings. The molecule has 0 unspecified atom stereocenters. The fourth-order valence-electron chi connectivity index (χ4n) is 7.62. The second kappa shape index (κ2) is 13.6. The first kappa shape index (κ1) is 31.8. The number of fused-ring (bicyclic) bond motifs is 4. The van der Waals surface area contributed by atoms with Crippen molar-refractivity contribution in [3.63, 3.8) is 0 Å². The molecule has 0 spiro atoms. The maximum absolute atomic E-state index is 6.15. The lowest BCUT2D eigenvalue weighted by Gasteiger charge is -2.27. The number of benzene rings is 8. The molecule has 0 bridgehead atoms. The lowest BCUT2D eigenvalue weighted by Crippen LogP contribution is -2.10. The molecule has 0 amide bonds. The molecule has 8 aromatic carbocycles. The monoisotopic (exact) mass is 710 g/mol. The second-order valence-electron chi connectivity index (χ2n) is 13.4. The number of rotatable bonds is 8. The lowest BCUT2D eigenvalue weighted by molar-refractivity contribution is 0.617. The van der Waals surface area contributed by atoms with Crippen LogP contribution in [0, 0.1) is 0 Å². The van der Waals surface area contributed by atoms with E-state index >= 15 is 0 Å². The molecule has 4 heteroatoms. The van der Waals surface area contributed by atoms with Crippen LogP contribution in [-0.4, -0.2) is 0 Å². The van der Waals surface area contributed by atoms with Crippen molar-refractivity contribution >= 4 is 70.9 Å². The van der Waals surface area contributed by atoms with E-state index in [4.69, 9.17) is 4.42 Å². The number of anilines is 5. The van der Waals surface area contributed by atoms with Crippen LogP contribution in [0.4, 0.5) is 28.4 Å². The summed E-state index contributed by atoms with van der Waals surface area (Å²) in [5, 5.41) is 7.36. The van der Waals surface area contributed by atoms with E-state index in [0.717, 1.165) is 61.7 Å². The summed E-state index contributed by atoms with van der Waals surface area (Å²) in [7, 11) is 0. The zero-order valence-corrected chi connectivity index (χ0v) is 30.1. The Morgan fingerprint density at radius 1 is 0.463 bits per heavy atom. The summed E-state index contributed by atoms with van der Waals surface area (Å²) in [6, 6.07) is 69.0. The van der Waals surface area contributed by atoms with Crippen molar-refractivity contribution in [1.82, 2.24) is 0 Å². The Balaban J connectivity index is 1.17. The van der Waals surface area contributed by atoms with Gasteiger partial charge < -0.3 is 14.6 Å². The minimum absolute atomic E-state index is 0.864. The van der Waals surface area contributed by atoms with Crippen molar-refractivity contribution in [3.05, 3.63) is 200 Å². The molecule has 10 rings (SSSR count). The first-order valence-corrected chi connectivity index (χ1v) is 19.0. The van der Waals surface area contributed by atoms with Crippen molar-refractivity contribution in [1.29, 1.82) is 0 Å². The highest BCUT2D eigenvalue weighted by atomic mass is 32.1. The van der Waals surface area contributed by atoms with E-state index in [1.54, 1.807) is 0 Å². The van der Waals surface area contributed by atoms with Crippen LogP contribution in [0.3, 0.4) is 0 Å². The standard InChI is InChI=1S/C50H34N2OS/c1-3-14-34(15-4-1)35-28-30-38(31-29-35)52(46-25-13-23-43-42-21-8-10-27-48(42)54-50(43)46)39-19-11-16-36(32-39)40-22-12-24-45(51-37-17-5-2-6-18-37)49(40)44-33-53-47-26-9-7-20-41(44)47/h1-33,51H. The van der Waals surface area contributed by atoms with Gasteiger partial charge in [0, 0.05) is 54.7 Å². The molecule has 0 aliphatic carbocycles. The first-order valence-electron chi connectivity index (χ1n) is 18.2. The Morgan fingerprint density at radius 2 is 1.13 bits per heavy atom. The van der Waals surface area contributed by atoms with Crippen LogP contribution < -0.4 is 10.2 Å². The summed E-state index contributed by atoms with van der Waals surface area (Å²) < 4.78 is 8.69. The number of hydrogen-bond acceptors (Lipinski definition) is 4. The van der Waals surface area contributed by atoms with E-state index < -0.39 is 0 Å². The van der Waals surface area contributed by atoms with Crippen LogP contribution in [0.5, 0.6) is 0 Å². The van der Waals surface area contributed by atoms with E-state index in [1.807, 2.05) is 35.8 Å². The van der Waals surface area contributed by atoms with Gasteiger partial charge in [0.25, 0.3) is 0 Å². The van der Waals surface area contributed by atoms with Crippen LogP contribution in [0.15, 0.2) is 205 Å². The number of para-hydroxylation sites is 2. The van der Waals surface area contributed by atoms with E-state index in [1.165, 1.54) is 31.3 Å². The number of hydrogen-bond donors (Lipinski definition) is 1. The molecule has 2 heterocycles. The highest BCUT2D eigenvalue weighted by molar-refractivity contribution is 7.26. The second-order valence-corrected chi connectivity index (χ2v) is 14.5. The van der Waals surface area contributed by atoms with Gasteiger partial charge in [-0.15, -0.1) is 11.3 Å². The highest BCUT2D eigenvalue weighted by Crippen LogP contribution is 2.47. The Labute approximate surface area is 318 Å². The van der Waals surface area contributed by atoms with Gasteiger partial charge in [0.05, 0.1) is 16.7 Å². The third kappa shape index (κ3) is 5.70. The smallest absolute Gasteiger partial charge is 0.134 e. The van der Waals surface area contributed by atoms with Gasteiger partial charge in [0.2, 0.25) is 0 Å². The van der Waals surface area contributed by atoms with Gasteiger partial charge in [-0.2, -0.15) is 0 Å². The molecule has 0 saturated heterocycles. The highest BCUT2D eigenvalue weighted by Gasteiger charge is 2.21. The number of nitrogens with one attached hydrogen (secondary N) is 1. The average molecular weight is 711 g/mol. The number of furan rings is 1. The summed E-state index contributed by atoms with van der Waals surface area (Å²) in [6.45, 7) is 0. The molecule has 0 aliphatic rings. The fraction of sp³-hybridized carbons (Fsp3) is 0. The summed E-state index contributed by atoms with van der Waals surface area (Å²) in [5.74, 6) is 0. The molecule has 2 aromatic heterocycles. The van der Waals surface area contributed by atoms with Gasteiger partial charge >= 0.3 is 0 Å². The predicted molar refractivity (Wildman–Crippen MR) is 230 cm³/mol. The van der Waals surface area contributed by atoms with Crippen LogP contribution in [-0.2, 0) is 0 Å². The predicted octanol–water partition coefficient (Wildman–Crippen LogP) is 15.0. The maximum atomic E-state index is 6.15. The van der Waals surface area contributed by atoms with Crippen molar-refractivity contribution in [2.75, 3.05) is 10.2 Å². The Kier molecular flexibility index (Phi) is 8.01. The Morgan fingerprint density at radius 3 is 1.98 bits per heavy atom. The van der Waals surface area contributed by atoms with Gasteiger partial charge in [-0.1, -0.05) is 133 Å². The zero-order valence-electron chi connectivity index (χ0n) is 29.3. The molecule has 1 N–H and O–H groups in total. The topological polar surface area (TPSA) is 28.4 Å². The molecule has 0 radical (unpaired) electrons. The zero-order chi connectivity index (χ0) is 35.8. The number of nitrogens with zero attached hydrogens (tertiary/aromatic N) is 1. The summed E-state index contributed by atoms with van der Waals surface area (Å²) in [4.78, 5) is 2.41. The molecule has 0 atom stereocenters. The van der Waals surface area contributed by atoms with Gasteiger partial charge in [0.1, 0.15) is 5.58 Å². The normalized spacial score (nSPS) is 11.3. The van der Waals surface area contributed by atoms with Crippen molar-refractivity contribution in [2.24, 2.45) is 0 Å². The molecule has 3 nitrogen and oxygen atoms in total. The van der Waals surface area contributed by atoms with E-state index in [0.29, 0.717) is 0 Å². The number of thiophene rings is 1. The quantitative estimate of drug-likeness (QED) is 0.170. The van der Waals surface area contributed by atoms with Gasteiger partial charge in [-0.25, -0.2) is 0 Å². The first-order chi connectivity index (χ1) is 26.8. The van der Waals surface area contributed by atoms with Gasteiger partial charge in [-0.3, -0.25) is 0 Å². The van der Waals surface area contributed by atoms with Crippen LogP contribution in [0.2, 0.25) is 0 Å². The largest absolute Gasteiger partial charge is 0.464 e. The minimum atomic E-state index is 0.864. The molecular formula is C50H34N2OS. The SMILES string of the molecule is c1ccc(Nc2cccc(-c3cccc(N(c4ccc(-c5ccccc5)cc4)c4cccc5c4sc4ccccc45)c3)c2-c2coc3ccccc23)cc1. The third-order valence-electron chi connectivity index (χ3n) is 10.1. The van der Waals surface area contributed by atoms with E-state index in [9.17, 15) is 0 Å². The molecule has 54 heavy (non-hydrogen) atoms. The maximum Gasteiger partial charge on any atom is 0.134 e. The van der Waals surface area contributed by atoms with Crippen LogP contribution >= 0.6 is 11.3 Å². The minimum Gasteiger partial charge on any atom is -0.464 e. The van der Waals surface area contributed by atoms with Crippen molar-refractivity contribution in [3.8, 4) is 33.4 Å². The van der Waals surface area contributed by atoms with E-state index in [-0.39, 0.29) is 0 Å². The van der Waals surface area contributed by atoms with Crippen LogP contribution in [0.1, 0.15) is 0 Å². The molecule has 0 saturated carbocycles. The molecule has 256 valence electrons. The van der Waals surface area contributed by atoms with Gasteiger partial charge in [-0.05, 0) is 82.9 Å². The summed E-state index contributed by atoms with van der Waals surface area (Å²) >= 11 is 1.85. The van der Waals surface area contributed by atoms with Crippen LogP contribution in [0.25, 0.3) is 64.5 Å². The Hall–Kier alpha value is -6.88. The molecular weight excluding hydrogens is 677 g/mol. The fourth-order valence-corrected chi connectivity index (χ4v) is 8.82. The van der Waals surface area contributed by atoms with Gasteiger partial charge in [0.15, 0.2) is 0 Å². The van der Waals surface area contributed by atoms with Crippen molar-refractivity contribution < 1.29 is 4.42 Å². The lowest BCUT2D eigenvalue weighted by atomic mass is 9.92. The third-order valence-corrected chi connectivity index (χ3v) is 11.3. The van der Waals surface area contributed by atoms with Crippen molar-refractivity contribution in [2.45, 2.75) is 0 Å². The van der Waals surface area contributed by atoms with E-state index in [2.05, 4.69) is 186 Å².